The van der Waals surface area contributed by atoms with Crippen LogP contribution in [0.15, 0.2) is 77.8 Å². The maximum atomic E-state index is 13.4. The molecule has 1 saturated heterocycles. The molecule has 9 nitrogen and oxygen atoms in total. The third-order valence-corrected chi connectivity index (χ3v) is 8.31. The average Bonchev–Trinajstić information content (AvgIpc) is 3.70. The van der Waals surface area contributed by atoms with Crippen LogP contribution in [-0.4, -0.2) is 54.2 Å². The Labute approximate surface area is 221 Å². The number of carbonyl (C=O) groups is 3. The number of carbonyl (C=O) groups excluding carboxylic acids is 3. The van der Waals surface area contributed by atoms with Crippen molar-refractivity contribution in [3.05, 3.63) is 84.2 Å². The van der Waals surface area contributed by atoms with Crippen molar-refractivity contribution in [1.82, 2.24) is 9.88 Å². The first-order valence-electron chi connectivity index (χ1n) is 11.7. The molecule has 1 aliphatic heterocycles. The highest BCUT2D eigenvalue weighted by molar-refractivity contribution is 7.92. The van der Waals surface area contributed by atoms with Gasteiger partial charge in [0.15, 0.2) is 0 Å². The van der Waals surface area contributed by atoms with Gasteiger partial charge in [0, 0.05) is 25.5 Å². The minimum absolute atomic E-state index is 0.0144. The molecule has 5 rings (SSSR count). The largest absolute Gasteiger partial charge is 0.501 e. The highest BCUT2D eigenvalue weighted by Gasteiger charge is 2.65. The van der Waals surface area contributed by atoms with E-state index in [1.165, 1.54) is 22.1 Å². The zero-order chi connectivity index (χ0) is 28.2. The Balaban J connectivity index is 1.38. The molecule has 2 heterocycles. The van der Waals surface area contributed by atoms with Crippen LogP contribution in [0.1, 0.15) is 28.9 Å². The number of halogens is 3. The van der Waals surface area contributed by atoms with Crippen LogP contribution in [0.25, 0.3) is 0 Å². The fourth-order valence-corrected chi connectivity index (χ4v) is 5.25. The summed E-state index contributed by atoms with van der Waals surface area (Å²) in [4.78, 5) is 46.4. The van der Waals surface area contributed by atoms with E-state index >= 15 is 0 Å². The van der Waals surface area contributed by atoms with Crippen LogP contribution in [0.4, 0.5) is 29.3 Å². The Bertz CT molecular complexity index is 1570. The summed E-state index contributed by atoms with van der Waals surface area (Å²) >= 11 is 0. The zero-order valence-electron chi connectivity index (χ0n) is 20.4. The van der Waals surface area contributed by atoms with Gasteiger partial charge in [-0.15, -0.1) is 0 Å². The van der Waals surface area contributed by atoms with Gasteiger partial charge in [0.25, 0.3) is 21.7 Å². The van der Waals surface area contributed by atoms with Crippen molar-refractivity contribution in [3.8, 4) is 0 Å². The first-order valence-corrected chi connectivity index (χ1v) is 13.2. The maximum Gasteiger partial charge on any atom is 0.501 e. The molecular formula is C26H21F3N4O5S. The smallest absolute Gasteiger partial charge is 0.310 e. The van der Waals surface area contributed by atoms with Crippen molar-refractivity contribution in [2.75, 3.05) is 16.8 Å². The number of aromatic nitrogens is 1. The molecule has 0 radical (unpaired) electrons. The van der Waals surface area contributed by atoms with Crippen LogP contribution < -0.4 is 9.80 Å². The maximum absolute atomic E-state index is 13.4. The fraction of sp³-hybridized carbons (Fsp3) is 0.231. The van der Waals surface area contributed by atoms with E-state index in [9.17, 15) is 36.0 Å². The standard InChI is InChI=1S/C26H21F3N4O5S/c1-31(18-5-3-2-4-6-18)22(34)21-15-17(11-14-30-21)16-32-24(36)33(23(35)25(32)12-13-25)19-7-9-20(10-8-19)39(37,38)26(27,28)29/h2-11,14-15H,12-13,16H2,1H3. The quantitative estimate of drug-likeness (QED) is 0.421. The van der Waals surface area contributed by atoms with Crippen LogP contribution in [0.5, 0.6) is 0 Å². The second kappa shape index (κ2) is 9.19. The second-order valence-corrected chi connectivity index (χ2v) is 11.2. The predicted octanol–water partition coefficient (Wildman–Crippen LogP) is 4.15. The molecule has 3 aromatic rings. The van der Waals surface area contributed by atoms with Gasteiger partial charge in [-0.2, -0.15) is 13.2 Å². The molecule has 2 aliphatic rings. The number of amides is 4. The number of hydrogen-bond acceptors (Lipinski definition) is 6. The lowest BCUT2D eigenvalue weighted by Crippen LogP contribution is -2.36. The van der Waals surface area contributed by atoms with Gasteiger partial charge in [0.05, 0.1) is 10.6 Å². The molecule has 1 saturated carbocycles. The summed E-state index contributed by atoms with van der Waals surface area (Å²) in [6.45, 7) is -0.0144. The Morgan fingerprint density at radius 3 is 2.26 bits per heavy atom. The van der Waals surface area contributed by atoms with Crippen molar-refractivity contribution in [3.63, 3.8) is 0 Å². The number of pyridine rings is 1. The van der Waals surface area contributed by atoms with Gasteiger partial charge >= 0.3 is 11.5 Å². The summed E-state index contributed by atoms with van der Waals surface area (Å²) in [6, 6.07) is 14.8. The number of imide groups is 1. The molecule has 39 heavy (non-hydrogen) atoms. The molecule has 0 bridgehead atoms. The van der Waals surface area contributed by atoms with Gasteiger partial charge in [0.2, 0.25) is 0 Å². The number of alkyl halides is 3. The van der Waals surface area contributed by atoms with Crippen molar-refractivity contribution in [2.45, 2.75) is 35.3 Å². The Hall–Kier alpha value is -4.26. The van der Waals surface area contributed by atoms with E-state index in [-0.39, 0.29) is 23.8 Å². The third kappa shape index (κ3) is 4.42. The van der Waals surface area contributed by atoms with E-state index < -0.39 is 37.7 Å². The van der Waals surface area contributed by atoms with Crippen molar-refractivity contribution < 1.29 is 36.0 Å². The van der Waals surface area contributed by atoms with Crippen molar-refractivity contribution in [1.29, 1.82) is 0 Å². The molecule has 0 unspecified atom stereocenters. The summed E-state index contributed by atoms with van der Waals surface area (Å²) in [7, 11) is -3.97. The summed E-state index contributed by atoms with van der Waals surface area (Å²) in [6.07, 6.45) is 2.21. The Morgan fingerprint density at radius 1 is 1.03 bits per heavy atom. The van der Waals surface area contributed by atoms with E-state index in [4.69, 9.17) is 0 Å². The second-order valence-electron chi connectivity index (χ2n) is 9.23. The van der Waals surface area contributed by atoms with Crippen LogP contribution in [0.3, 0.4) is 0 Å². The van der Waals surface area contributed by atoms with Crippen molar-refractivity contribution >= 4 is 39.1 Å². The Kier molecular flexibility index (Phi) is 6.21. The van der Waals surface area contributed by atoms with Crippen LogP contribution in [-0.2, 0) is 21.2 Å². The SMILES string of the molecule is CN(C(=O)c1cc(CN2C(=O)N(c3ccc(S(=O)(=O)C(F)(F)F)cc3)C(=O)C23CC3)ccn1)c1ccccc1. The predicted molar refractivity (Wildman–Crippen MR) is 133 cm³/mol. The minimum Gasteiger partial charge on any atom is -0.310 e. The van der Waals surface area contributed by atoms with E-state index in [1.807, 2.05) is 6.07 Å². The highest BCUT2D eigenvalue weighted by Crippen LogP contribution is 2.49. The molecule has 0 atom stereocenters. The molecule has 0 N–H and O–H groups in total. The molecule has 2 fully saturated rings. The minimum atomic E-state index is -5.58. The molecule has 202 valence electrons. The first kappa shape index (κ1) is 26.4. The average molecular weight is 559 g/mol. The number of urea groups is 1. The lowest BCUT2D eigenvalue weighted by atomic mass is 10.1. The van der Waals surface area contributed by atoms with Crippen LogP contribution in [0.2, 0.25) is 0 Å². The number of hydrogen-bond donors (Lipinski definition) is 0. The molecule has 1 aliphatic carbocycles. The van der Waals surface area contributed by atoms with Crippen LogP contribution in [0, 0.1) is 0 Å². The molecule has 1 spiro atoms. The summed E-state index contributed by atoms with van der Waals surface area (Å²) in [5, 5.41) is 0. The molecule has 4 amide bonds. The van der Waals surface area contributed by atoms with E-state index in [2.05, 4.69) is 4.98 Å². The van der Waals surface area contributed by atoms with E-state index in [1.54, 1.807) is 37.4 Å². The summed E-state index contributed by atoms with van der Waals surface area (Å²) in [5.74, 6) is -0.920. The number of para-hydroxylation sites is 1. The Morgan fingerprint density at radius 2 is 1.67 bits per heavy atom. The lowest BCUT2D eigenvalue weighted by molar-refractivity contribution is -0.120. The van der Waals surface area contributed by atoms with Gasteiger partial charge in [0.1, 0.15) is 11.2 Å². The molecule has 1 aromatic heterocycles. The molecular weight excluding hydrogens is 537 g/mol. The van der Waals surface area contributed by atoms with Gasteiger partial charge in [-0.3, -0.25) is 14.6 Å². The van der Waals surface area contributed by atoms with Gasteiger partial charge in [-0.25, -0.2) is 18.1 Å². The van der Waals surface area contributed by atoms with E-state index in [0.717, 1.165) is 17.0 Å². The number of rotatable bonds is 6. The summed E-state index contributed by atoms with van der Waals surface area (Å²) < 4.78 is 62.0. The van der Waals surface area contributed by atoms with Crippen LogP contribution >= 0.6 is 0 Å². The van der Waals surface area contributed by atoms with Gasteiger partial charge in [-0.1, -0.05) is 18.2 Å². The third-order valence-electron chi connectivity index (χ3n) is 6.81. The number of nitrogens with zero attached hydrogens (tertiary/aromatic N) is 4. The number of anilines is 2. The molecule has 13 heteroatoms. The highest BCUT2D eigenvalue weighted by atomic mass is 32.2. The zero-order valence-corrected chi connectivity index (χ0v) is 21.2. The topological polar surface area (TPSA) is 108 Å². The van der Waals surface area contributed by atoms with Gasteiger partial charge in [-0.05, 0) is 66.9 Å². The fourth-order valence-electron chi connectivity index (χ4n) is 4.48. The van der Waals surface area contributed by atoms with Gasteiger partial charge < -0.3 is 9.80 Å². The number of sulfone groups is 1. The monoisotopic (exact) mass is 558 g/mol. The summed E-state index contributed by atoms with van der Waals surface area (Å²) in [5.41, 5.74) is -5.28. The molecule has 2 aromatic carbocycles. The van der Waals surface area contributed by atoms with Crippen molar-refractivity contribution in [2.24, 2.45) is 0 Å². The van der Waals surface area contributed by atoms with E-state index in [0.29, 0.717) is 36.2 Å². The first-order chi connectivity index (χ1) is 18.4. The normalized spacial score (nSPS) is 16.6. The number of benzene rings is 2. The lowest BCUT2D eigenvalue weighted by Gasteiger charge is -2.22.